The van der Waals surface area contributed by atoms with Crippen LogP contribution in [0.4, 0.5) is 0 Å². The lowest BCUT2D eigenvalue weighted by Gasteiger charge is -2.39. The molecule has 114 valence electrons. The van der Waals surface area contributed by atoms with Crippen LogP contribution in [0.2, 0.25) is 0 Å². The second-order valence-electron chi connectivity index (χ2n) is 6.20. The van der Waals surface area contributed by atoms with Crippen LogP contribution in [0, 0.1) is 11.8 Å². The maximum Gasteiger partial charge on any atom is 0.226 e. The molecule has 2 rings (SSSR count). The molecule has 2 fully saturated rings. The van der Waals surface area contributed by atoms with Gasteiger partial charge >= 0.3 is 0 Å². The first-order valence-corrected chi connectivity index (χ1v) is 8.27. The number of piperazine rings is 1. The van der Waals surface area contributed by atoms with Gasteiger partial charge in [0, 0.05) is 32.1 Å². The van der Waals surface area contributed by atoms with Gasteiger partial charge in [0.1, 0.15) is 0 Å². The fourth-order valence-corrected chi connectivity index (χ4v) is 3.96. The third-order valence-electron chi connectivity index (χ3n) is 4.96. The highest BCUT2D eigenvalue weighted by molar-refractivity contribution is 7.80. The molecule has 1 aliphatic heterocycles. The summed E-state index contributed by atoms with van der Waals surface area (Å²) < 4.78 is 0. The van der Waals surface area contributed by atoms with E-state index in [1.807, 2.05) is 0 Å². The molecule has 0 spiro atoms. The first kappa shape index (κ1) is 15.7. The summed E-state index contributed by atoms with van der Waals surface area (Å²) >= 11 is 5.14. The molecular weight excluding hydrogens is 270 g/mol. The van der Waals surface area contributed by atoms with E-state index in [0.717, 1.165) is 39.0 Å². The van der Waals surface area contributed by atoms with Crippen LogP contribution >= 0.6 is 12.2 Å². The second-order valence-corrected chi connectivity index (χ2v) is 6.67. The molecule has 5 heteroatoms. The van der Waals surface area contributed by atoms with E-state index in [-0.39, 0.29) is 12.0 Å². The molecule has 0 aromatic rings. The summed E-state index contributed by atoms with van der Waals surface area (Å²) in [5.41, 5.74) is 5.80. The molecule has 1 amide bonds. The molecule has 1 heterocycles. The van der Waals surface area contributed by atoms with Crippen LogP contribution in [0.25, 0.3) is 0 Å². The molecule has 1 saturated carbocycles. The Bertz CT molecular complexity index is 366. The van der Waals surface area contributed by atoms with E-state index in [2.05, 4.69) is 23.6 Å². The van der Waals surface area contributed by atoms with Gasteiger partial charge in [-0.3, -0.25) is 9.69 Å². The normalized spacial score (nSPS) is 29.4. The summed E-state index contributed by atoms with van der Waals surface area (Å²) in [6.45, 7) is 7.75. The van der Waals surface area contributed by atoms with Crippen LogP contribution in [-0.2, 0) is 4.79 Å². The van der Waals surface area contributed by atoms with Gasteiger partial charge in [-0.25, -0.2) is 0 Å². The zero-order valence-electron chi connectivity index (χ0n) is 12.7. The SMILES string of the molecule is CCC(C(N)=S)N1CCN(C(=O)C2CCCC2C)CC1. The topological polar surface area (TPSA) is 49.6 Å². The molecule has 0 aromatic carbocycles. The molecule has 0 aromatic heterocycles. The zero-order valence-corrected chi connectivity index (χ0v) is 13.5. The lowest BCUT2D eigenvalue weighted by molar-refractivity contribution is -0.138. The quantitative estimate of drug-likeness (QED) is 0.801. The largest absolute Gasteiger partial charge is 0.392 e. The average molecular weight is 297 g/mol. The minimum atomic E-state index is 0.188. The van der Waals surface area contributed by atoms with E-state index in [1.54, 1.807) is 0 Å². The number of nitrogens with two attached hydrogens (primary N) is 1. The monoisotopic (exact) mass is 297 g/mol. The second kappa shape index (κ2) is 6.85. The van der Waals surface area contributed by atoms with Crippen LogP contribution in [0.3, 0.4) is 0 Å². The number of hydrogen-bond donors (Lipinski definition) is 1. The number of carbonyl (C=O) groups is 1. The maximum atomic E-state index is 12.5. The molecule has 20 heavy (non-hydrogen) atoms. The van der Waals surface area contributed by atoms with E-state index in [0.29, 0.717) is 16.8 Å². The standard InChI is InChI=1S/C15H27N3OS/c1-3-13(14(16)20)17-7-9-18(10-8-17)15(19)12-6-4-5-11(12)2/h11-13H,3-10H2,1-2H3,(H2,16,20). The highest BCUT2D eigenvalue weighted by atomic mass is 32.1. The first-order valence-electron chi connectivity index (χ1n) is 7.86. The molecule has 3 atom stereocenters. The van der Waals surface area contributed by atoms with Crippen molar-refractivity contribution >= 4 is 23.1 Å². The van der Waals surface area contributed by atoms with Gasteiger partial charge in [0.05, 0.1) is 11.0 Å². The number of carbonyl (C=O) groups excluding carboxylic acids is 1. The van der Waals surface area contributed by atoms with Gasteiger partial charge in [-0.1, -0.05) is 32.5 Å². The summed E-state index contributed by atoms with van der Waals surface area (Å²) in [6, 6.07) is 0.188. The Balaban J connectivity index is 1.87. The highest BCUT2D eigenvalue weighted by Gasteiger charge is 2.34. The van der Waals surface area contributed by atoms with Crippen molar-refractivity contribution in [1.82, 2.24) is 9.80 Å². The van der Waals surface area contributed by atoms with E-state index < -0.39 is 0 Å². The third kappa shape index (κ3) is 3.31. The smallest absolute Gasteiger partial charge is 0.226 e. The predicted molar refractivity (Wildman–Crippen MR) is 85.5 cm³/mol. The van der Waals surface area contributed by atoms with Gasteiger partial charge in [0.2, 0.25) is 5.91 Å². The Labute approximate surface area is 127 Å². The molecule has 1 saturated heterocycles. The van der Waals surface area contributed by atoms with Gasteiger partial charge in [0.25, 0.3) is 0 Å². The van der Waals surface area contributed by atoms with E-state index in [4.69, 9.17) is 18.0 Å². The van der Waals surface area contributed by atoms with Crippen LogP contribution < -0.4 is 5.73 Å². The number of thiocarbonyl (C=S) groups is 1. The van der Waals surface area contributed by atoms with Gasteiger partial charge in [0.15, 0.2) is 0 Å². The van der Waals surface area contributed by atoms with Crippen molar-refractivity contribution in [2.45, 2.75) is 45.6 Å². The Morgan fingerprint density at radius 2 is 1.95 bits per heavy atom. The van der Waals surface area contributed by atoms with Crippen molar-refractivity contribution in [3.63, 3.8) is 0 Å². The molecule has 0 radical (unpaired) electrons. The molecule has 0 bridgehead atoms. The Kier molecular flexibility index (Phi) is 5.38. The Hall–Kier alpha value is -0.680. The minimum absolute atomic E-state index is 0.188. The molecule has 1 aliphatic carbocycles. The fourth-order valence-electron chi connectivity index (χ4n) is 3.64. The summed E-state index contributed by atoms with van der Waals surface area (Å²) in [7, 11) is 0. The summed E-state index contributed by atoms with van der Waals surface area (Å²) in [5, 5.41) is 0. The highest BCUT2D eigenvalue weighted by Crippen LogP contribution is 2.32. The van der Waals surface area contributed by atoms with E-state index in [1.165, 1.54) is 12.8 Å². The van der Waals surface area contributed by atoms with Crippen molar-refractivity contribution in [3.8, 4) is 0 Å². The Morgan fingerprint density at radius 3 is 2.40 bits per heavy atom. The van der Waals surface area contributed by atoms with Gasteiger partial charge in [-0.15, -0.1) is 0 Å². The predicted octanol–water partition coefficient (Wildman–Crippen LogP) is 1.63. The van der Waals surface area contributed by atoms with E-state index in [9.17, 15) is 4.79 Å². The molecular formula is C15H27N3OS. The van der Waals surface area contributed by atoms with Crippen LogP contribution in [0.1, 0.15) is 39.5 Å². The molecule has 3 unspecified atom stereocenters. The first-order chi connectivity index (χ1) is 9.54. The van der Waals surface area contributed by atoms with Crippen molar-refractivity contribution in [1.29, 1.82) is 0 Å². The van der Waals surface area contributed by atoms with Crippen LogP contribution in [0.15, 0.2) is 0 Å². The minimum Gasteiger partial charge on any atom is -0.392 e. The maximum absolute atomic E-state index is 12.5. The van der Waals surface area contributed by atoms with E-state index >= 15 is 0 Å². The lowest BCUT2D eigenvalue weighted by atomic mass is 9.96. The van der Waals surface area contributed by atoms with Crippen molar-refractivity contribution in [2.75, 3.05) is 26.2 Å². The van der Waals surface area contributed by atoms with Crippen molar-refractivity contribution in [3.05, 3.63) is 0 Å². The zero-order chi connectivity index (χ0) is 14.7. The van der Waals surface area contributed by atoms with Gasteiger partial charge < -0.3 is 10.6 Å². The lowest BCUT2D eigenvalue weighted by Crippen LogP contribution is -2.55. The number of rotatable bonds is 4. The Morgan fingerprint density at radius 1 is 1.30 bits per heavy atom. The van der Waals surface area contributed by atoms with Crippen LogP contribution in [0.5, 0.6) is 0 Å². The number of hydrogen-bond acceptors (Lipinski definition) is 3. The molecule has 4 nitrogen and oxygen atoms in total. The average Bonchev–Trinajstić information content (AvgIpc) is 2.85. The number of amides is 1. The molecule has 2 aliphatic rings. The van der Waals surface area contributed by atoms with Crippen LogP contribution in [-0.4, -0.2) is 52.9 Å². The van der Waals surface area contributed by atoms with Gasteiger partial charge in [-0.05, 0) is 25.2 Å². The number of nitrogens with zero attached hydrogens (tertiary/aromatic N) is 2. The summed E-state index contributed by atoms with van der Waals surface area (Å²) in [5.74, 6) is 1.19. The summed E-state index contributed by atoms with van der Waals surface area (Å²) in [4.78, 5) is 17.5. The van der Waals surface area contributed by atoms with Crippen molar-refractivity contribution in [2.24, 2.45) is 17.6 Å². The molecule has 2 N–H and O–H groups in total. The van der Waals surface area contributed by atoms with Crippen molar-refractivity contribution < 1.29 is 4.79 Å². The van der Waals surface area contributed by atoms with Gasteiger partial charge in [-0.2, -0.15) is 0 Å². The summed E-state index contributed by atoms with van der Waals surface area (Å²) in [6.07, 6.45) is 4.43. The fraction of sp³-hybridized carbons (Fsp3) is 0.867. The third-order valence-corrected chi connectivity index (χ3v) is 5.23.